The van der Waals surface area contributed by atoms with Crippen molar-refractivity contribution in [2.75, 3.05) is 6.54 Å². The van der Waals surface area contributed by atoms with E-state index in [1.165, 1.54) is 17.0 Å². The van der Waals surface area contributed by atoms with Crippen molar-refractivity contribution < 1.29 is 19.1 Å². The summed E-state index contributed by atoms with van der Waals surface area (Å²) < 4.78 is 13.0. The molecule has 0 aliphatic carbocycles. The molecule has 1 aliphatic heterocycles. The van der Waals surface area contributed by atoms with Crippen LogP contribution in [0.25, 0.3) is 0 Å². The fourth-order valence-electron chi connectivity index (χ4n) is 2.41. The number of nitrogens with zero attached hydrogens (tertiary/aromatic N) is 1. The zero-order chi connectivity index (χ0) is 13.8. The minimum atomic E-state index is -0.948. The van der Waals surface area contributed by atoms with Gasteiger partial charge in [-0.25, -0.2) is 9.18 Å². The molecule has 0 aromatic heterocycles. The molecular weight excluding hydrogens is 249 g/mol. The third kappa shape index (κ3) is 3.30. The first-order valence-corrected chi connectivity index (χ1v) is 6.34. The minimum Gasteiger partial charge on any atom is -0.480 e. The van der Waals surface area contributed by atoms with Gasteiger partial charge in [0, 0.05) is 13.0 Å². The molecule has 0 spiro atoms. The smallest absolute Gasteiger partial charge is 0.326 e. The number of carbonyl (C=O) groups is 2. The number of carbonyl (C=O) groups excluding carboxylic acids is 1. The summed E-state index contributed by atoms with van der Waals surface area (Å²) in [6.07, 6.45) is 1.89. The summed E-state index contributed by atoms with van der Waals surface area (Å²) in [5.74, 6) is -1.44. The van der Waals surface area contributed by atoms with Gasteiger partial charge in [-0.15, -0.1) is 0 Å². The monoisotopic (exact) mass is 265 g/mol. The third-order valence-corrected chi connectivity index (χ3v) is 3.37. The Bertz CT molecular complexity index is 489. The molecule has 1 aliphatic rings. The number of halogens is 1. The van der Waals surface area contributed by atoms with Gasteiger partial charge in [0.05, 0.1) is 0 Å². The lowest BCUT2D eigenvalue weighted by molar-refractivity contribution is -0.148. The van der Waals surface area contributed by atoms with Gasteiger partial charge in [0.1, 0.15) is 11.9 Å². The molecule has 0 saturated carbocycles. The van der Waals surface area contributed by atoms with Gasteiger partial charge >= 0.3 is 5.97 Å². The normalized spacial score (nSPS) is 18.6. The van der Waals surface area contributed by atoms with Crippen LogP contribution in [-0.4, -0.2) is 34.5 Å². The predicted molar refractivity (Wildman–Crippen MR) is 67.1 cm³/mol. The van der Waals surface area contributed by atoms with Gasteiger partial charge in [0.2, 0.25) is 5.91 Å². The van der Waals surface area contributed by atoms with Gasteiger partial charge in [-0.1, -0.05) is 12.1 Å². The van der Waals surface area contributed by atoms with Gasteiger partial charge in [0.25, 0.3) is 0 Å². The summed E-state index contributed by atoms with van der Waals surface area (Å²) in [6, 6.07) is 5.41. The Morgan fingerprint density at radius 2 is 2.21 bits per heavy atom. The fraction of sp³-hybridized carbons (Fsp3) is 0.429. The lowest BCUT2D eigenvalue weighted by atomic mass is 10.1. The molecule has 5 heteroatoms. The lowest BCUT2D eigenvalue weighted by Gasteiger charge is -2.21. The number of hydrogen-bond acceptors (Lipinski definition) is 2. The maximum Gasteiger partial charge on any atom is 0.326 e. The SMILES string of the molecule is O=C(O)[C@H]1CCCN1C(=O)CCc1cccc(F)c1. The van der Waals surface area contributed by atoms with Crippen molar-refractivity contribution in [2.24, 2.45) is 0 Å². The van der Waals surface area contributed by atoms with Gasteiger partial charge in [-0.2, -0.15) is 0 Å². The highest BCUT2D eigenvalue weighted by atomic mass is 19.1. The van der Waals surface area contributed by atoms with Crippen molar-refractivity contribution in [2.45, 2.75) is 31.7 Å². The van der Waals surface area contributed by atoms with Crippen molar-refractivity contribution in [1.82, 2.24) is 4.90 Å². The van der Waals surface area contributed by atoms with E-state index in [1.807, 2.05) is 0 Å². The molecule has 1 amide bonds. The first kappa shape index (κ1) is 13.5. The molecule has 102 valence electrons. The Balaban J connectivity index is 1.92. The van der Waals surface area contributed by atoms with Crippen LogP contribution in [0.3, 0.4) is 0 Å². The Labute approximate surface area is 110 Å². The summed E-state index contributed by atoms with van der Waals surface area (Å²) in [5.41, 5.74) is 0.749. The van der Waals surface area contributed by atoms with E-state index in [2.05, 4.69) is 0 Å². The number of amides is 1. The Kier molecular flexibility index (Phi) is 4.14. The second-order valence-electron chi connectivity index (χ2n) is 4.71. The van der Waals surface area contributed by atoms with Crippen molar-refractivity contribution >= 4 is 11.9 Å². The average molecular weight is 265 g/mol. The number of carboxylic acids is 1. The van der Waals surface area contributed by atoms with E-state index < -0.39 is 12.0 Å². The van der Waals surface area contributed by atoms with Crippen LogP contribution in [0.1, 0.15) is 24.8 Å². The first-order chi connectivity index (χ1) is 9.08. The van der Waals surface area contributed by atoms with Crippen molar-refractivity contribution in [3.8, 4) is 0 Å². The third-order valence-electron chi connectivity index (χ3n) is 3.37. The van der Waals surface area contributed by atoms with Crippen molar-refractivity contribution in [1.29, 1.82) is 0 Å². The van der Waals surface area contributed by atoms with Gasteiger partial charge in [-0.05, 0) is 37.0 Å². The van der Waals surface area contributed by atoms with Crippen LogP contribution in [0.2, 0.25) is 0 Å². The number of rotatable bonds is 4. The lowest BCUT2D eigenvalue weighted by Crippen LogP contribution is -2.40. The molecule has 1 saturated heterocycles. The minimum absolute atomic E-state index is 0.172. The molecule has 1 aromatic rings. The van der Waals surface area contributed by atoms with Crippen LogP contribution in [0, 0.1) is 5.82 Å². The molecule has 1 N–H and O–H groups in total. The van der Waals surface area contributed by atoms with Gasteiger partial charge in [0.15, 0.2) is 0 Å². The molecule has 2 rings (SSSR count). The Morgan fingerprint density at radius 3 is 2.89 bits per heavy atom. The molecule has 1 atom stereocenters. The van der Waals surface area contributed by atoms with E-state index >= 15 is 0 Å². The van der Waals surface area contributed by atoms with E-state index in [1.54, 1.807) is 12.1 Å². The molecule has 1 heterocycles. The van der Waals surface area contributed by atoms with Gasteiger partial charge in [-0.3, -0.25) is 4.79 Å². The van der Waals surface area contributed by atoms with Gasteiger partial charge < -0.3 is 10.0 Å². The highest BCUT2D eigenvalue weighted by Crippen LogP contribution is 2.19. The van der Waals surface area contributed by atoms with E-state index in [4.69, 9.17) is 5.11 Å². The predicted octanol–water partition coefficient (Wildman–Crippen LogP) is 1.83. The summed E-state index contributed by atoms with van der Waals surface area (Å²) >= 11 is 0. The van der Waals surface area contributed by atoms with E-state index in [0.717, 1.165) is 12.0 Å². The van der Waals surface area contributed by atoms with Crippen molar-refractivity contribution in [3.05, 3.63) is 35.6 Å². The fourth-order valence-corrected chi connectivity index (χ4v) is 2.41. The zero-order valence-corrected chi connectivity index (χ0v) is 10.5. The topological polar surface area (TPSA) is 57.6 Å². The summed E-state index contributed by atoms with van der Waals surface area (Å²) in [5, 5.41) is 9.01. The van der Waals surface area contributed by atoms with Crippen LogP contribution in [0.5, 0.6) is 0 Å². The molecule has 0 unspecified atom stereocenters. The molecule has 0 bridgehead atoms. The molecular formula is C14H16FNO3. The number of carboxylic acid groups (broad SMARTS) is 1. The maximum atomic E-state index is 13.0. The van der Waals surface area contributed by atoms with Crippen LogP contribution in [0.15, 0.2) is 24.3 Å². The number of benzene rings is 1. The molecule has 1 aromatic carbocycles. The standard InChI is InChI=1S/C14H16FNO3/c15-11-4-1-3-10(9-11)6-7-13(17)16-8-2-5-12(16)14(18)19/h1,3-4,9,12H,2,5-8H2,(H,18,19)/t12-/m1/s1. The highest BCUT2D eigenvalue weighted by molar-refractivity contribution is 5.84. The second kappa shape index (κ2) is 5.82. The Morgan fingerprint density at radius 1 is 1.42 bits per heavy atom. The Hall–Kier alpha value is -1.91. The maximum absolute atomic E-state index is 13.0. The summed E-state index contributed by atoms with van der Waals surface area (Å²) in [4.78, 5) is 24.4. The molecule has 4 nitrogen and oxygen atoms in total. The van der Waals surface area contributed by atoms with Crippen LogP contribution < -0.4 is 0 Å². The number of hydrogen-bond donors (Lipinski definition) is 1. The van der Waals surface area contributed by atoms with Crippen LogP contribution in [0.4, 0.5) is 4.39 Å². The highest BCUT2D eigenvalue weighted by Gasteiger charge is 2.33. The van der Waals surface area contributed by atoms with E-state index in [9.17, 15) is 14.0 Å². The average Bonchev–Trinajstić information content (AvgIpc) is 2.85. The number of aliphatic carboxylic acids is 1. The number of likely N-dealkylation sites (tertiary alicyclic amines) is 1. The first-order valence-electron chi connectivity index (χ1n) is 6.34. The zero-order valence-electron chi connectivity index (χ0n) is 10.5. The van der Waals surface area contributed by atoms with Crippen LogP contribution >= 0.6 is 0 Å². The van der Waals surface area contributed by atoms with E-state index in [-0.39, 0.29) is 18.1 Å². The molecule has 1 fully saturated rings. The second-order valence-corrected chi connectivity index (χ2v) is 4.71. The number of aryl methyl sites for hydroxylation is 1. The molecule has 0 radical (unpaired) electrons. The summed E-state index contributed by atoms with van der Waals surface area (Å²) in [7, 11) is 0. The quantitative estimate of drug-likeness (QED) is 0.903. The molecule has 19 heavy (non-hydrogen) atoms. The van der Waals surface area contributed by atoms with Crippen LogP contribution in [-0.2, 0) is 16.0 Å². The van der Waals surface area contributed by atoms with Crippen molar-refractivity contribution in [3.63, 3.8) is 0 Å². The largest absolute Gasteiger partial charge is 0.480 e. The van der Waals surface area contributed by atoms with E-state index in [0.29, 0.717) is 19.4 Å². The summed E-state index contributed by atoms with van der Waals surface area (Å²) in [6.45, 7) is 0.499.